The Morgan fingerprint density at radius 2 is 1.54 bits per heavy atom. The fraction of sp³-hybridized carbons (Fsp3) is 0.296. The highest BCUT2D eigenvalue weighted by atomic mass is 32.2. The zero-order valence-corrected chi connectivity index (χ0v) is 23.5. The van der Waals surface area contributed by atoms with Gasteiger partial charge in [-0.25, -0.2) is 16.8 Å². The molecule has 0 spiro atoms. The summed E-state index contributed by atoms with van der Waals surface area (Å²) in [5, 5.41) is 2.72. The zero-order valence-electron chi connectivity index (χ0n) is 21.9. The number of nitrogens with one attached hydrogen (secondary N) is 1. The lowest BCUT2D eigenvalue weighted by Gasteiger charge is -2.26. The minimum absolute atomic E-state index is 0.0150. The molecule has 0 aromatic heterocycles. The molecule has 1 aliphatic heterocycles. The van der Waals surface area contributed by atoms with Crippen molar-refractivity contribution >= 4 is 37.3 Å². The van der Waals surface area contributed by atoms with Crippen LogP contribution in [0.2, 0.25) is 0 Å². The van der Waals surface area contributed by atoms with Gasteiger partial charge >= 0.3 is 0 Å². The highest BCUT2D eigenvalue weighted by Crippen LogP contribution is 2.31. The minimum Gasteiger partial charge on any atom is -0.489 e. The molecule has 0 bridgehead atoms. The number of amides is 1. The smallest absolute Gasteiger partial charge is 0.264 e. The second-order valence-electron chi connectivity index (χ2n) is 9.13. The first kappa shape index (κ1) is 28.6. The fourth-order valence-electron chi connectivity index (χ4n) is 3.97. The molecule has 0 atom stereocenters. The molecule has 0 saturated carbocycles. The van der Waals surface area contributed by atoms with E-state index in [-0.39, 0.29) is 40.2 Å². The van der Waals surface area contributed by atoms with E-state index in [1.807, 2.05) is 13.8 Å². The number of benzene rings is 3. The van der Waals surface area contributed by atoms with Crippen molar-refractivity contribution in [2.45, 2.75) is 29.7 Å². The van der Waals surface area contributed by atoms with Gasteiger partial charge in [-0.15, -0.1) is 0 Å². The van der Waals surface area contributed by atoms with Gasteiger partial charge in [-0.2, -0.15) is 4.31 Å². The SMILES string of the molecule is CC(C)Oc1ccc(S(=O)(=O)N2CCOCC2)cc1NC(=O)c1ccc(S(=O)(=O)N(C)c2ccccc2)cc1. The third-order valence-corrected chi connectivity index (χ3v) is 9.76. The first-order valence-corrected chi connectivity index (χ1v) is 15.2. The average Bonchev–Trinajstić information content (AvgIpc) is 2.94. The van der Waals surface area contributed by atoms with Gasteiger partial charge in [-0.3, -0.25) is 9.10 Å². The lowest BCUT2D eigenvalue weighted by molar-refractivity contribution is 0.0730. The van der Waals surface area contributed by atoms with E-state index in [4.69, 9.17) is 9.47 Å². The van der Waals surface area contributed by atoms with Crippen LogP contribution in [0, 0.1) is 0 Å². The van der Waals surface area contributed by atoms with Crippen LogP contribution < -0.4 is 14.4 Å². The van der Waals surface area contributed by atoms with Crippen LogP contribution in [0.3, 0.4) is 0 Å². The third-order valence-electron chi connectivity index (χ3n) is 6.06. The van der Waals surface area contributed by atoms with Gasteiger partial charge in [0.25, 0.3) is 15.9 Å². The summed E-state index contributed by atoms with van der Waals surface area (Å²) in [6.07, 6.45) is -0.228. The topological polar surface area (TPSA) is 122 Å². The van der Waals surface area contributed by atoms with Gasteiger partial charge in [0.1, 0.15) is 5.75 Å². The maximum atomic E-state index is 13.2. The molecule has 10 nitrogen and oxygen atoms in total. The molecule has 1 saturated heterocycles. The number of nitrogens with zero attached hydrogens (tertiary/aromatic N) is 2. The first-order chi connectivity index (χ1) is 18.5. The highest BCUT2D eigenvalue weighted by molar-refractivity contribution is 7.92. The number of rotatable bonds is 9. The van der Waals surface area contributed by atoms with Crippen LogP contribution in [0.25, 0.3) is 0 Å². The van der Waals surface area contributed by atoms with Crippen molar-refractivity contribution in [3.05, 3.63) is 78.4 Å². The minimum atomic E-state index is -3.84. The number of para-hydroxylation sites is 1. The van der Waals surface area contributed by atoms with Gasteiger partial charge in [-0.1, -0.05) is 18.2 Å². The molecule has 0 aliphatic carbocycles. The summed E-state index contributed by atoms with van der Waals surface area (Å²) in [7, 11) is -6.20. The summed E-state index contributed by atoms with van der Waals surface area (Å²) >= 11 is 0. The maximum Gasteiger partial charge on any atom is 0.264 e. The molecule has 1 fully saturated rings. The number of carbonyl (C=O) groups excluding carboxylic acids is 1. The summed E-state index contributed by atoms with van der Waals surface area (Å²) in [5.74, 6) is -0.243. The molecule has 4 rings (SSSR count). The van der Waals surface area contributed by atoms with E-state index >= 15 is 0 Å². The number of hydrogen-bond donors (Lipinski definition) is 1. The van der Waals surface area contributed by atoms with Crippen molar-refractivity contribution in [2.75, 3.05) is 43.0 Å². The van der Waals surface area contributed by atoms with Crippen molar-refractivity contribution in [1.29, 1.82) is 0 Å². The number of hydrogen-bond acceptors (Lipinski definition) is 7. The number of sulfonamides is 2. The monoisotopic (exact) mass is 573 g/mol. The third kappa shape index (κ3) is 6.41. The van der Waals surface area contributed by atoms with Gasteiger partial charge in [0.2, 0.25) is 10.0 Å². The van der Waals surface area contributed by atoms with E-state index in [2.05, 4.69) is 5.32 Å². The average molecular weight is 574 g/mol. The fourth-order valence-corrected chi connectivity index (χ4v) is 6.60. The molecular weight excluding hydrogens is 542 g/mol. The normalized spacial score (nSPS) is 14.7. The van der Waals surface area contributed by atoms with Gasteiger partial charge in [0, 0.05) is 25.7 Å². The molecule has 1 heterocycles. The van der Waals surface area contributed by atoms with Crippen LogP contribution in [-0.4, -0.2) is 66.5 Å². The molecule has 208 valence electrons. The summed E-state index contributed by atoms with van der Waals surface area (Å²) in [4.78, 5) is 13.2. The maximum absolute atomic E-state index is 13.2. The van der Waals surface area contributed by atoms with Crippen LogP contribution in [-0.2, 0) is 24.8 Å². The van der Waals surface area contributed by atoms with E-state index in [1.54, 1.807) is 30.3 Å². The van der Waals surface area contributed by atoms with Gasteiger partial charge < -0.3 is 14.8 Å². The number of ether oxygens (including phenoxy) is 2. The van der Waals surface area contributed by atoms with E-state index in [0.29, 0.717) is 24.7 Å². The zero-order chi connectivity index (χ0) is 28.2. The number of carbonyl (C=O) groups is 1. The Balaban J connectivity index is 1.58. The Labute approximate surface area is 229 Å². The molecule has 0 radical (unpaired) electrons. The predicted octanol–water partition coefficient (Wildman–Crippen LogP) is 3.57. The van der Waals surface area contributed by atoms with Crippen molar-refractivity contribution in [3.8, 4) is 5.75 Å². The molecule has 1 amide bonds. The van der Waals surface area contributed by atoms with Crippen molar-refractivity contribution in [1.82, 2.24) is 4.31 Å². The largest absolute Gasteiger partial charge is 0.489 e. The summed E-state index contributed by atoms with van der Waals surface area (Å²) < 4.78 is 66.0. The number of morpholine rings is 1. The molecular formula is C27H31N3O7S2. The van der Waals surface area contributed by atoms with Crippen LogP contribution in [0.5, 0.6) is 5.75 Å². The van der Waals surface area contributed by atoms with Crippen LogP contribution in [0.15, 0.2) is 82.6 Å². The van der Waals surface area contributed by atoms with Crippen LogP contribution in [0.4, 0.5) is 11.4 Å². The van der Waals surface area contributed by atoms with Gasteiger partial charge in [0.05, 0.1) is 40.5 Å². The van der Waals surface area contributed by atoms with E-state index < -0.39 is 26.0 Å². The van der Waals surface area contributed by atoms with Gasteiger partial charge in [0.15, 0.2) is 0 Å². The second kappa shape index (κ2) is 11.7. The van der Waals surface area contributed by atoms with Crippen molar-refractivity contribution in [2.24, 2.45) is 0 Å². The lowest BCUT2D eigenvalue weighted by atomic mass is 10.2. The standard InChI is InChI=1S/C27H31N3O7S2/c1-20(2)37-26-14-13-24(39(34,35)30-15-17-36-18-16-30)19-25(26)28-27(31)21-9-11-23(12-10-21)38(32,33)29(3)22-7-5-4-6-8-22/h4-14,19-20H,15-18H2,1-3H3,(H,28,31). The molecule has 12 heteroatoms. The summed E-state index contributed by atoms with van der Waals surface area (Å²) in [6.45, 7) is 4.73. The lowest BCUT2D eigenvalue weighted by Crippen LogP contribution is -2.40. The second-order valence-corrected chi connectivity index (χ2v) is 13.0. The Morgan fingerprint density at radius 3 is 2.15 bits per heavy atom. The Kier molecular flexibility index (Phi) is 8.60. The molecule has 1 aliphatic rings. The quantitative estimate of drug-likeness (QED) is 0.415. The molecule has 39 heavy (non-hydrogen) atoms. The summed E-state index contributed by atoms with van der Waals surface area (Å²) in [5.41, 5.74) is 0.876. The van der Waals surface area contributed by atoms with Crippen molar-refractivity contribution in [3.63, 3.8) is 0 Å². The Bertz CT molecular complexity index is 1520. The predicted molar refractivity (Wildman–Crippen MR) is 148 cm³/mol. The Hall–Kier alpha value is -3.45. The summed E-state index contributed by atoms with van der Waals surface area (Å²) in [6, 6.07) is 18.5. The van der Waals surface area contributed by atoms with Gasteiger partial charge in [-0.05, 0) is 68.4 Å². The first-order valence-electron chi connectivity index (χ1n) is 12.3. The molecule has 3 aromatic carbocycles. The highest BCUT2D eigenvalue weighted by Gasteiger charge is 2.28. The Morgan fingerprint density at radius 1 is 0.923 bits per heavy atom. The van der Waals surface area contributed by atoms with E-state index in [9.17, 15) is 21.6 Å². The number of anilines is 2. The molecule has 1 N–H and O–H groups in total. The molecule has 3 aromatic rings. The van der Waals surface area contributed by atoms with Crippen LogP contribution >= 0.6 is 0 Å². The van der Waals surface area contributed by atoms with E-state index in [0.717, 1.165) is 4.31 Å². The van der Waals surface area contributed by atoms with Crippen molar-refractivity contribution < 1.29 is 31.1 Å². The van der Waals surface area contributed by atoms with E-state index in [1.165, 1.54) is 53.8 Å². The molecule has 0 unspecified atom stereocenters. The van der Waals surface area contributed by atoms with Crippen LogP contribution in [0.1, 0.15) is 24.2 Å².